The van der Waals surface area contributed by atoms with Gasteiger partial charge in [0, 0.05) is 25.8 Å². The van der Waals surface area contributed by atoms with Crippen molar-refractivity contribution in [1.82, 2.24) is 15.6 Å². The number of carbonyl (C=O) groups is 1. The highest BCUT2D eigenvalue weighted by Crippen LogP contribution is 2.15. The van der Waals surface area contributed by atoms with Crippen LogP contribution in [0.25, 0.3) is 0 Å². The lowest BCUT2D eigenvalue weighted by Crippen LogP contribution is -2.43. The maximum Gasteiger partial charge on any atom is 0.315 e. The number of rotatable bonds is 6. The summed E-state index contributed by atoms with van der Waals surface area (Å²) in [5.41, 5.74) is 0.933. The van der Waals surface area contributed by atoms with E-state index >= 15 is 0 Å². The Balaban J connectivity index is 1.82. The number of hydrogen-bond donors (Lipinski definition) is 3. The molecule has 1 aliphatic rings. The standard InChI is InChI=1S/C16H26N4O3/c1-3-14(11-21)19-16(22)18-9-13-4-5-15(17-8-13)20-6-7-23-12(2)10-20/h4-5,8,12,14,21H,3,6-7,9-11H2,1-2H3,(H2,18,19,22)/t12-,14-/m1/s1. The summed E-state index contributed by atoms with van der Waals surface area (Å²) in [7, 11) is 0. The average Bonchev–Trinajstić information content (AvgIpc) is 2.58. The molecule has 0 aliphatic carbocycles. The first-order valence-electron chi connectivity index (χ1n) is 8.09. The highest BCUT2D eigenvalue weighted by molar-refractivity contribution is 5.74. The Labute approximate surface area is 137 Å². The van der Waals surface area contributed by atoms with Crippen LogP contribution in [0.4, 0.5) is 10.6 Å². The van der Waals surface area contributed by atoms with Crippen molar-refractivity contribution >= 4 is 11.8 Å². The Morgan fingerprint density at radius 3 is 3.00 bits per heavy atom. The number of aromatic nitrogens is 1. The van der Waals surface area contributed by atoms with Crippen LogP contribution in [-0.2, 0) is 11.3 Å². The quantitative estimate of drug-likeness (QED) is 0.724. The molecule has 128 valence electrons. The number of ether oxygens (including phenoxy) is 1. The molecule has 1 aliphatic heterocycles. The summed E-state index contributed by atoms with van der Waals surface area (Å²) in [6, 6.07) is 3.44. The topological polar surface area (TPSA) is 86.7 Å². The number of aliphatic hydroxyl groups excluding tert-OH is 1. The molecule has 2 amide bonds. The van der Waals surface area contributed by atoms with E-state index in [-0.39, 0.29) is 24.8 Å². The average molecular weight is 322 g/mol. The fraction of sp³-hybridized carbons (Fsp3) is 0.625. The first-order valence-corrected chi connectivity index (χ1v) is 8.09. The van der Waals surface area contributed by atoms with Crippen molar-refractivity contribution in [3.05, 3.63) is 23.9 Å². The smallest absolute Gasteiger partial charge is 0.315 e. The molecular formula is C16H26N4O3. The van der Waals surface area contributed by atoms with Gasteiger partial charge in [0.05, 0.1) is 25.4 Å². The lowest BCUT2D eigenvalue weighted by Gasteiger charge is -2.32. The molecule has 1 aromatic rings. The number of amides is 2. The summed E-state index contributed by atoms with van der Waals surface area (Å²) >= 11 is 0. The van der Waals surface area contributed by atoms with Gasteiger partial charge in [-0.3, -0.25) is 0 Å². The molecule has 1 fully saturated rings. The Morgan fingerprint density at radius 1 is 1.57 bits per heavy atom. The molecule has 0 bridgehead atoms. The molecule has 0 spiro atoms. The van der Waals surface area contributed by atoms with Crippen molar-refractivity contribution in [2.45, 2.75) is 39.0 Å². The molecule has 2 rings (SSSR count). The molecule has 1 aromatic heterocycles. The second kappa shape index (κ2) is 8.69. The Bertz CT molecular complexity index is 491. The van der Waals surface area contributed by atoms with Crippen LogP contribution in [0.3, 0.4) is 0 Å². The third kappa shape index (κ3) is 5.37. The van der Waals surface area contributed by atoms with Crippen LogP contribution in [-0.4, -0.2) is 54.6 Å². The molecule has 2 atom stereocenters. The third-order valence-corrected chi connectivity index (χ3v) is 3.88. The Morgan fingerprint density at radius 2 is 2.39 bits per heavy atom. The maximum absolute atomic E-state index is 11.7. The van der Waals surface area contributed by atoms with Crippen molar-refractivity contribution < 1.29 is 14.6 Å². The molecule has 2 heterocycles. The normalized spacial score (nSPS) is 19.3. The van der Waals surface area contributed by atoms with Crippen LogP contribution in [0, 0.1) is 0 Å². The van der Waals surface area contributed by atoms with E-state index in [0.717, 1.165) is 31.1 Å². The van der Waals surface area contributed by atoms with Gasteiger partial charge in [0.25, 0.3) is 0 Å². The lowest BCUT2D eigenvalue weighted by molar-refractivity contribution is 0.0529. The molecule has 7 nitrogen and oxygen atoms in total. The fourth-order valence-electron chi connectivity index (χ4n) is 2.43. The van der Waals surface area contributed by atoms with Gasteiger partial charge in [-0.2, -0.15) is 0 Å². The minimum Gasteiger partial charge on any atom is -0.394 e. The van der Waals surface area contributed by atoms with E-state index < -0.39 is 0 Å². The number of hydrogen-bond acceptors (Lipinski definition) is 5. The van der Waals surface area contributed by atoms with Crippen molar-refractivity contribution in [2.24, 2.45) is 0 Å². The SMILES string of the molecule is CC[C@H](CO)NC(=O)NCc1ccc(N2CCO[C@H](C)C2)nc1. The van der Waals surface area contributed by atoms with E-state index in [1.807, 2.05) is 19.1 Å². The van der Waals surface area contributed by atoms with Crippen LogP contribution in [0.5, 0.6) is 0 Å². The van der Waals surface area contributed by atoms with Crippen LogP contribution in [0.15, 0.2) is 18.3 Å². The molecule has 0 aromatic carbocycles. The van der Waals surface area contributed by atoms with Gasteiger partial charge >= 0.3 is 6.03 Å². The van der Waals surface area contributed by atoms with Gasteiger partial charge in [0.1, 0.15) is 5.82 Å². The van der Waals surface area contributed by atoms with Crippen LogP contribution in [0.2, 0.25) is 0 Å². The number of urea groups is 1. The highest BCUT2D eigenvalue weighted by atomic mass is 16.5. The molecule has 7 heteroatoms. The predicted octanol–water partition coefficient (Wildman–Crippen LogP) is 0.877. The third-order valence-electron chi connectivity index (χ3n) is 3.88. The summed E-state index contributed by atoms with van der Waals surface area (Å²) < 4.78 is 5.53. The van der Waals surface area contributed by atoms with Crippen LogP contribution in [0.1, 0.15) is 25.8 Å². The Hall–Kier alpha value is -1.86. The largest absolute Gasteiger partial charge is 0.394 e. The number of aliphatic hydroxyl groups is 1. The zero-order chi connectivity index (χ0) is 16.7. The fourth-order valence-corrected chi connectivity index (χ4v) is 2.43. The van der Waals surface area contributed by atoms with E-state index in [1.165, 1.54) is 0 Å². The number of morpholine rings is 1. The molecule has 1 saturated heterocycles. The van der Waals surface area contributed by atoms with E-state index in [4.69, 9.17) is 9.84 Å². The molecule has 0 radical (unpaired) electrons. The first kappa shape index (κ1) is 17.5. The lowest BCUT2D eigenvalue weighted by atomic mass is 10.2. The number of pyridine rings is 1. The maximum atomic E-state index is 11.7. The van der Waals surface area contributed by atoms with Gasteiger partial charge in [-0.1, -0.05) is 13.0 Å². The first-order chi connectivity index (χ1) is 11.1. The van der Waals surface area contributed by atoms with E-state index in [2.05, 4.69) is 27.4 Å². The summed E-state index contributed by atoms with van der Waals surface area (Å²) in [5, 5.41) is 14.5. The zero-order valence-corrected chi connectivity index (χ0v) is 13.8. The van der Waals surface area contributed by atoms with Gasteiger partial charge in [0.2, 0.25) is 0 Å². The van der Waals surface area contributed by atoms with Gasteiger partial charge < -0.3 is 25.4 Å². The van der Waals surface area contributed by atoms with Crippen LogP contribution < -0.4 is 15.5 Å². The van der Waals surface area contributed by atoms with Gasteiger partial charge in [-0.25, -0.2) is 9.78 Å². The molecule has 0 unspecified atom stereocenters. The van der Waals surface area contributed by atoms with E-state index in [1.54, 1.807) is 6.20 Å². The zero-order valence-electron chi connectivity index (χ0n) is 13.8. The number of carbonyl (C=O) groups excluding carboxylic acids is 1. The molecular weight excluding hydrogens is 296 g/mol. The van der Waals surface area contributed by atoms with Crippen molar-refractivity contribution in [3.63, 3.8) is 0 Å². The minimum atomic E-state index is -0.281. The molecule has 3 N–H and O–H groups in total. The summed E-state index contributed by atoms with van der Waals surface area (Å²) in [4.78, 5) is 18.4. The van der Waals surface area contributed by atoms with E-state index in [9.17, 15) is 4.79 Å². The van der Waals surface area contributed by atoms with Crippen molar-refractivity contribution in [3.8, 4) is 0 Å². The second-order valence-electron chi connectivity index (χ2n) is 5.77. The minimum absolute atomic E-state index is 0.0574. The number of anilines is 1. The summed E-state index contributed by atoms with van der Waals surface area (Å²) in [6.07, 6.45) is 2.69. The van der Waals surface area contributed by atoms with Crippen LogP contribution >= 0.6 is 0 Å². The number of nitrogens with one attached hydrogen (secondary N) is 2. The van der Waals surface area contributed by atoms with Gasteiger partial charge in [-0.05, 0) is 25.0 Å². The van der Waals surface area contributed by atoms with E-state index in [0.29, 0.717) is 13.0 Å². The van der Waals surface area contributed by atoms with Crippen molar-refractivity contribution in [2.75, 3.05) is 31.2 Å². The molecule has 0 saturated carbocycles. The monoisotopic (exact) mass is 322 g/mol. The van der Waals surface area contributed by atoms with Crippen molar-refractivity contribution in [1.29, 1.82) is 0 Å². The van der Waals surface area contributed by atoms with Gasteiger partial charge in [-0.15, -0.1) is 0 Å². The predicted molar refractivity (Wildman–Crippen MR) is 88.4 cm³/mol. The molecule has 23 heavy (non-hydrogen) atoms. The highest BCUT2D eigenvalue weighted by Gasteiger charge is 2.17. The second-order valence-corrected chi connectivity index (χ2v) is 5.77. The number of nitrogens with zero attached hydrogens (tertiary/aromatic N) is 2. The van der Waals surface area contributed by atoms with Gasteiger partial charge in [0.15, 0.2) is 0 Å². The Kier molecular flexibility index (Phi) is 6.61. The summed E-state index contributed by atoms with van der Waals surface area (Å²) in [6.45, 7) is 6.72. The summed E-state index contributed by atoms with van der Waals surface area (Å²) in [5.74, 6) is 0.930.